The first kappa shape index (κ1) is 9.92. The average Bonchev–Trinajstić information content (AvgIpc) is 2.56. The number of H-pyrrole nitrogens is 2. The SMILES string of the molecule is O=c1[nH]nc(Cc2ccc(F)cc2Cl)[nH]1. The fourth-order valence-corrected chi connectivity index (χ4v) is 1.47. The van der Waals surface area contributed by atoms with Gasteiger partial charge in [0.2, 0.25) is 0 Å². The summed E-state index contributed by atoms with van der Waals surface area (Å²) in [7, 11) is 0. The molecule has 0 aliphatic rings. The Morgan fingerprint density at radius 1 is 1.47 bits per heavy atom. The molecule has 2 N–H and O–H groups in total. The maximum Gasteiger partial charge on any atom is 0.340 e. The van der Waals surface area contributed by atoms with E-state index in [9.17, 15) is 9.18 Å². The van der Waals surface area contributed by atoms with E-state index in [1.807, 2.05) is 0 Å². The monoisotopic (exact) mass is 227 g/mol. The second kappa shape index (κ2) is 3.86. The van der Waals surface area contributed by atoms with Crippen molar-refractivity contribution in [2.45, 2.75) is 6.42 Å². The highest BCUT2D eigenvalue weighted by atomic mass is 35.5. The maximum absolute atomic E-state index is 12.7. The van der Waals surface area contributed by atoms with Gasteiger partial charge in [0.25, 0.3) is 0 Å². The first-order chi connectivity index (χ1) is 7.15. The van der Waals surface area contributed by atoms with Crippen molar-refractivity contribution in [3.05, 3.63) is 50.9 Å². The zero-order chi connectivity index (χ0) is 10.8. The highest BCUT2D eigenvalue weighted by Crippen LogP contribution is 2.18. The van der Waals surface area contributed by atoms with Crippen molar-refractivity contribution in [3.8, 4) is 0 Å². The third-order valence-electron chi connectivity index (χ3n) is 1.92. The number of nitrogens with zero attached hydrogens (tertiary/aromatic N) is 1. The summed E-state index contributed by atoms with van der Waals surface area (Å²) in [5, 5.41) is 6.29. The third kappa shape index (κ3) is 2.24. The molecule has 0 fully saturated rings. The Kier molecular flexibility index (Phi) is 2.55. The number of halogens is 2. The van der Waals surface area contributed by atoms with Crippen LogP contribution in [0.5, 0.6) is 0 Å². The van der Waals surface area contributed by atoms with Crippen molar-refractivity contribution in [2.24, 2.45) is 0 Å². The lowest BCUT2D eigenvalue weighted by Crippen LogP contribution is -2.01. The zero-order valence-electron chi connectivity index (χ0n) is 7.55. The molecule has 0 saturated heterocycles. The summed E-state index contributed by atoms with van der Waals surface area (Å²) >= 11 is 5.82. The molecule has 0 spiro atoms. The number of rotatable bonds is 2. The molecular weight excluding hydrogens is 221 g/mol. The molecule has 0 unspecified atom stereocenters. The van der Waals surface area contributed by atoms with Crippen molar-refractivity contribution >= 4 is 11.6 Å². The van der Waals surface area contributed by atoms with Gasteiger partial charge in [0, 0.05) is 11.4 Å². The van der Waals surface area contributed by atoms with E-state index in [1.165, 1.54) is 12.1 Å². The zero-order valence-corrected chi connectivity index (χ0v) is 8.31. The largest absolute Gasteiger partial charge is 0.340 e. The van der Waals surface area contributed by atoms with Crippen LogP contribution < -0.4 is 5.69 Å². The van der Waals surface area contributed by atoms with E-state index < -0.39 is 0 Å². The Hall–Kier alpha value is -1.62. The predicted molar refractivity (Wildman–Crippen MR) is 53.4 cm³/mol. The molecule has 78 valence electrons. The van der Waals surface area contributed by atoms with E-state index in [4.69, 9.17) is 11.6 Å². The fourth-order valence-electron chi connectivity index (χ4n) is 1.23. The van der Waals surface area contributed by atoms with Gasteiger partial charge < -0.3 is 0 Å². The molecule has 0 saturated carbocycles. The molecule has 1 aromatic carbocycles. The molecule has 15 heavy (non-hydrogen) atoms. The minimum absolute atomic E-state index is 0.318. The van der Waals surface area contributed by atoms with E-state index >= 15 is 0 Å². The molecule has 1 heterocycles. The summed E-state index contributed by atoms with van der Waals surface area (Å²) in [5.41, 5.74) is 0.337. The normalized spacial score (nSPS) is 10.5. The number of hydrogen-bond donors (Lipinski definition) is 2. The van der Waals surface area contributed by atoms with E-state index in [0.29, 0.717) is 22.8 Å². The van der Waals surface area contributed by atoms with Crippen LogP contribution >= 0.6 is 11.6 Å². The van der Waals surface area contributed by atoms with E-state index in [2.05, 4.69) is 15.2 Å². The number of benzene rings is 1. The lowest BCUT2D eigenvalue weighted by Gasteiger charge is -2.00. The quantitative estimate of drug-likeness (QED) is 0.816. The van der Waals surface area contributed by atoms with E-state index in [0.717, 1.165) is 0 Å². The first-order valence-corrected chi connectivity index (χ1v) is 4.60. The molecule has 2 aromatic rings. The Labute approximate surface area is 89.1 Å². The number of hydrogen-bond acceptors (Lipinski definition) is 2. The Balaban J connectivity index is 2.28. The van der Waals surface area contributed by atoms with Crippen LogP contribution in [-0.4, -0.2) is 15.2 Å². The number of nitrogens with one attached hydrogen (secondary N) is 2. The summed E-state index contributed by atoms with van der Waals surface area (Å²) in [5.74, 6) is 0.0766. The summed E-state index contributed by atoms with van der Waals surface area (Å²) in [6, 6.07) is 4.10. The van der Waals surface area contributed by atoms with Gasteiger partial charge in [0.15, 0.2) is 0 Å². The van der Waals surface area contributed by atoms with Crippen LogP contribution in [0.3, 0.4) is 0 Å². The van der Waals surface area contributed by atoms with Gasteiger partial charge in [0.1, 0.15) is 11.6 Å². The minimum Gasteiger partial charge on any atom is -0.293 e. The van der Waals surface area contributed by atoms with Crippen molar-refractivity contribution in [1.29, 1.82) is 0 Å². The van der Waals surface area contributed by atoms with Gasteiger partial charge >= 0.3 is 5.69 Å². The summed E-state index contributed by atoms with van der Waals surface area (Å²) in [6.45, 7) is 0. The van der Waals surface area contributed by atoms with Gasteiger partial charge in [-0.3, -0.25) is 4.98 Å². The summed E-state index contributed by atoms with van der Waals surface area (Å²) < 4.78 is 12.7. The highest BCUT2D eigenvalue weighted by Gasteiger charge is 2.05. The van der Waals surface area contributed by atoms with Crippen LogP contribution in [0.15, 0.2) is 23.0 Å². The molecule has 2 rings (SSSR count). The lowest BCUT2D eigenvalue weighted by molar-refractivity contribution is 0.627. The van der Waals surface area contributed by atoms with E-state index in [1.54, 1.807) is 6.07 Å². The minimum atomic E-state index is -0.390. The standard InChI is InChI=1S/C9H7ClFN3O/c10-7-4-6(11)2-1-5(7)3-8-12-9(15)14-13-8/h1-2,4H,3H2,(H2,12,13,14,15). The predicted octanol–water partition coefficient (Wildman–Crippen LogP) is 1.48. The van der Waals surface area contributed by atoms with Gasteiger partial charge in [-0.05, 0) is 17.7 Å². The summed E-state index contributed by atoms with van der Waals surface area (Å²) in [4.78, 5) is 13.2. The average molecular weight is 228 g/mol. The molecule has 0 atom stereocenters. The summed E-state index contributed by atoms with van der Waals surface area (Å²) in [6.07, 6.45) is 0.359. The molecule has 0 aliphatic heterocycles. The van der Waals surface area contributed by atoms with Gasteiger partial charge in [0.05, 0.1) is 0 Å². The Morgan fingerprint density at radius 3 is 2.87 bits per heavy atom. The number of aromatic nitrogens is 3. The maximum atomic E-state index is 12.7. The molecule has 6 heteroatoms. The van der Waals surface area contributed by atoms with Crippen LogP contribution in [0.25, 0.3) is 0 Å². The van der Waals surface area contributed by atoms with Crippen molar-refractivity contribution in [3.63, 3.8) is 0 Å². The Bertz CT molecular complexity index is 534. The smallest absolute Gasteiger partial charge is 0.293 e. The molecule has 4 nitrogen and oxygen atoms in total. The highest BCUT2D eigenvalue weighted by molar-refractivity contribution is 6.31. The van der Waals surface area contributed by atoms with Crippen molar-refractivity contribution in [1.82, 2.24) is 15.2 Å². The van der Waals surface area contributed by atoms with Gasteiger partial charge in [-0.25, -0.2) is 14.3 Å². The molecule has 0 aliphatic carbocycles. The second-order valence-corrected chi connectivity index (χ2v) is 3.44. The van der Waals surface area contributed by atoms with E-state index in [-0.39, 0.29) is 11.5 Å². The molecule has 0 radical (unpaired) electrons. The van der Waals surface area contributed by atoms with Crippen LogP contribution in [0.4, 0.5) is 4.39 Å². The van der Waals surface area contributed by atoms with Crippen LogP contribution in [-0.2, 0) is 6.42 Å². The van der Waals surface area contributed by atoms with Crippen molar-refractivity contribution in [2.75, 3.05) is 0 Å². The van der Waals surface area contributed by atoms with Gasteiger partial charge in [-0.1, -0.05) is 17.7 Å². The third-order valence-corrected chi connectivity index (χ3v) is 2.28. The first-order valence-electron chi connectivity index (χ1n) is 4.22. The van der Waals surface area contributed by atoms with Crippen LogP contribution in [0.2, 0.25) is 5.02 Å². The van der Waals surface area contributed by atoms with Gasteiger partial charge in [-0.2, -0.15) is 5.10 Å². The molecule has 0 bridgehead atoms. The van der Waals surface area contributed by atoms with Crippen molar-refractivity contribution < 1.29 is 4.39 Å². The fraction of sp³-hybridized carbons (Fsp3) is 0.111. The van der Waals surface area contributed by atoms with Crippen LogP contribution in [0.1, 0.15) is 11.4 Å². The second-order valence-electron chi connectivity index (χ2n) is 3.04. The topological polar surface area (TPSA) is 61.5 Å². The Morgan fingerprint density at radius 2 is 2.27 bits per heavy atom. The van der Waals surface area contributed by atoms with Crippen LogP contribution in [0, 0.1) is 5.82 Å². The lowest BCUT2D eigenvalue weighted by atomic mass is 10.1. The molecule has 1 aromatic heterocycles. The molecule has 0 amide bonds. The van der Waals surface area contributed by atoms with Gasteiger partial charge in [-0.15, -0.1) is 0 Å². The molecular formula is C9H7ClFN3O. The number of aromatic amines is 2.